The molecule has 1 rings (SSSR count). The zero-order chi connectivity index (χ0) is 22.2. The standard InChI is InChI=1S/C16H19BrN4O7S/c1-9(14(24)19-10(8-22)7-13(23)21-29(2,27)28)18-15(25)16(26)20-12-6-4-3-5-11(12)17/h3-6,8-10H,7H2,1-2H3,(H,18,25)(H,19,24)(H,20,26)(H,21,23). The fraction of sp³-hybridized carbons (Fsp3) is 0.312. The van der Waals surface area contributed by atoms with Crippen molar-refractivity contribution in [2.75, 3.05) is 11.6 Å². The van der Waals surface area contributed by atoms with Gasteiger partial charge in [-0.3, -0.25) is 23.9 Å². The quantitative estimate of drug-likeness (QED) is 0.268. The van der Waals surface area contributed by atoms with E-state index in [2.05, 4.69) is 31.9 Å². The van der Waals surface area contributed by atoms with E-state index in [0.717, 1.165) is 6.26 Å². The molecule has 0 fully saturated rings. The molecule has 0 aliphatic rings. The smallest absolute Gasteiger partial charge is 0.313 e. The Balaban J connectivity index is 2.60. The first-order chi connectivity index (χ1) is 13.4. The summed E-state index contributed by atoms with van der Waals surface area (Å²) in [4.78, 5) is 58.5. The Morgan fingerprint density at radius 2 is 1.72 bits per heavy atom. The minimum absolute atomic E-state index is 0.244. The summed E-state index contributed by atoms with van der Waals surface area (Å²) in [7, 11) is -3.81. The second-order valence-electron chi connectivity index (χ2n) is 5.88. The van der Waals surface area contributed by atoms with E-state index in [4.69, 9.17) is 0 Å². The summed E-state index contributed by atoms with van der Waals surface area (Å²) in [6.07, 6.45) is 0.384. The predicted octanol–water partition coefficient (Wildman–Crippen LogP) is -0.958. The molecular formula is C16H19BrN4O7S. The molecule has 0 saturated carbocycles. The summed E-state index contributed by atoms with van der Waals surface area (Å²) in [5, 5.41) is 6.68. The number of aldehydes is 1. The molecule has 1 aromatic rings. The molecule has 29 heavy (non-hydrogen) atoms. The van der Waals surface area contributed by atoms with Crippen molar-refractivity contribution >= 4 is 61.6 Å². The van der Waals surface area contributed by atoms with Gasteiger partial charge >= 0.3 is 11.8 Å². The van der Waals surface area contributed by atoms with Crippen LogP contribution in [0.15, 0.2) is 28.7 Å². The second kappa shape index (κ2) is 10.7. The first-order valence-electron chi connectivity index (χ1n) is 8.05. The van der Waals surface area contributed by atoms with Crippen LogP contribution in [0.4, 0.5) is 5.69 Å². The third-order valence-electron chi connectivity index (χ3n) is 3.27. The Hall–Kier alpha value is -2.80. The van der Waals surface area contributed by atoms with Crippen LogP contribution in [0.2, 0.25) is 0 Å². The summed E-state index contributed by atoms with van der Waals surface area (Å²) in [6, 6.07) is 4.04. The van der Waals surface area contributed by atoms with Gasteiger partial charge in [0.1, 0.15) is 12.3 Å². The highest BCUT2D eigenvalue weighted by molar-refractivity contribution is 9.10. The SMILES string of the molecule is CC(NC(=O)C(=O)Nc1ccccc1Br)C(=O)NC(C=O)CC(=O)NS(C)(=O)=O. The Bertz CT molecular complexity index is 920. The number of sulfonamides is 1. The summed E-state index contributed by atoms with van der Waals surface area (Å²) < 4.78 is 24.2. The van der Waals surface area contributed by atoms with Gasteiger partial charge < -0.3 is 20.7 Å². The monoisotopic (exact) mass is 490 g/mol. The number of amides is 4. The lowest BCUT2D eigenvalue weighted by Gasteiger charge is -2.17. The van der Waals surface area contributed by atoms with Gasteiger partial charge in [0.15, 0.2) is 0 Å². The third-order valence-corrected chi connectivity index (χ3v) is 4.56. The first kappa shape index (κ1) is 24.2. The van der Waals surface area contributed by atoms with Crippen LogP contribution in [-0.2, 0) is 34.0 Å². The number of rotatable bonds is 8. The largest absolute Gasteiger partial charge is 0.344 e. The number of nitrogens with one attached hydrogen (secondary N) is 4. The van der Waals surface area contributed by atoms with Crippen molar-refractivity contribution in [3.63, 3.8) is 0 Å². The van der Waals surface area contributed by atoms with E-state index in [9.17, 15) is 32.4 Å². The number of benzene rings is 1. The topological polar surface area (TPSA) is 168 Å². The average molecular weight is 491 g/mol. The molecule has 0 spiro atoms. The fourth-order valence-electron chi connectivity index (χ4n) is 1.96. The number of anilines is 1. The highest BCUT2D eigenvalue weighted by atomic mass is 79.9. The Morgan fingerprint density at radius 1 is 1.10 bits per heavy atom. The van der Waals surface area contributed by atoms with Gasteiger partial charge in [0.2, 0.25) is 21.8 Å². The molecule has 0 bridgehead atoms. The molecule has 2 unspecified atom stereocenters. The van der Waals surface area contributed by atoms with Crippen LogP contribution in [-0.4, -0.2) is 56.7 Å². The number of hydrogen-bond donors (Lipinski definition) is 4. The Kier molecular flexibility index (Phi) is 8.91. The van der Waals surface area contributed by atoms with Crippen LogP contribution in [0.1, 0.15) is 13.3 Å². The molecule has 0 heterocycles. The van der Waals surface area contributed by atoms with Crippen molar-refractivity contribution < 1.29 is 32.4 Å². The van der Waals surface area contributed by atoms with E-state index in [1.807, 2.05) is 0 Å². The number of para-hydroxylation sites is 1. The maximum atomic E-state index is 12.1. The van der Waals surface area contributed by atoms with Crippen LogP contribution >= 0.6 is 15.9 Å². The lowest BCUT2D eigenvalue weighted by atomic mass is 10.2. The van der Waals surface area contributed by atoms with Gasteiger partial charge in [-0.2, -0.15) is 0 Å². The van der Waals surface area contributed by atoms with Crippen LogP contribution in [0.3, 0.4) is 0 Å². The van der Waals surface area contributed by atoms with E-state index in [0.29, 0.717) is 10.2 Å². The molecule has 0 radical (unpaired) electrons. The van der Waals surface area contributed by atoms with Gasteiger partial charge in [-0.1, -0.05) is 12.1 Å². The van der Waals surface area contributed by atoms with Crippen molar-refractivity contribution in [3.8, 4) is 0 Å². The van der Waals surface area contributed by atoms with Gasteiger partial charge in [-0.25, -0.2) is 8.42 Å². The zero-order valence-electron chi connectivity index (χ0n) is 15.4. The minimum atomic E-state index is -3.81. The molecule has 2 atom stereocenters. The first-order valence-corrected chi connectivity index (χ1v) is 10.7. The Labute approximate surface area is 175 Å². The lowest BCUT2D eigenvalue weighted by Crippen LogP contribution is -2.51. The average Bonchev–Trinajstić information content (AvgIpc) is 2.61. The molecule has 4 amide bonds. The molecule has 13 heteroatoms. The molecular weight excluding hydrogens is 472 g/mol. The van der Waals surface area contributed by atoms with Gasteiger partial charge in [0, 0.05) is 4.47 Å². The number of carbonyl (C=O) groups excluding carboxylic acids is 5. The zero-order valence-corrected chi connectivity index (χ0v) is 17.8. The van der Waals surface area contributed by atoms with E-state index < -0.39 is 52.2 Å². The van der Waals surface area contributed by atoms with Crippen LogP contribution in [0.5, 0.6) is 0 Å². The van der Waals surface area contributed by atoms with Crippen LogP contribution in [0.25, 0.3) is 0 Å². The van der Waals surface area contributed by atoms with Gasteiger partial charge in [0.25, 0.3) is 0 Å². The summed E-state index contributed by atoms with van der Waals surface area (Å²) >= 11 is 3.21. The maximum Gasteiger partial charge on any atom is 0.313 e. The lowest BCUT2D eigenvalue weighted by molar-refractivity contribution is -0.138. The van der Waals surface area contributed by atoms with E-state index >= 15 is 0 Å². The van der Waals surface area contributed by atoms with Crippen molar-refractivity contribution in [2.45, 2.75) is 25.4 Å². The predicted molar refractivity (Wildman–Crippen MR) is 106 cm³/mol. The second-order valence-corrected chi connectivity index (χ2v) is 8.48. The number of hydrogen-bond acceptors (Lipinski definition) is 7. The Morgan fingerprint density at radius 3 is 2.28 bits per heavy atom. The molecule has 1 aromatic carbocycles. The number of halogens is 1. The normalized spacial score (nSPS) is 12.8. The molecule has 0 aliphatic carbocycles. The molecule has 0 aliphatic heterocycles. The molecule has 0 aromatic heterocycles. The summed E-state index contributed by atoms with van der Waals surface area (Å²) in [5.41, 5.74) is 0.350. The number of carbonyl (C=O) groups is 5. The minimum Gasteiger partial charge on any atom is -0.344 e. The van der Waals surface area contributed by atoms with E-state index in [-0.39, 0.29) is 6.29 Å². The highest BCUT2D eigenvalue weighted by Gasteiger charge is 2.24. The highest BCUT2D eigenvalue weighted by Crippen LogP contribution is 2.20. The van der Waals surface area contributed by atoms with Gasteiger partial charge in [0.05, 0.1) is 24.4 Å². The van der Waals surface area contributed by atoms with E-state index in [1.54, 1.807) is 29.0 Å². The molecule has 11 nitrogen and oxygen atoms in total. The van der Waals surface area contributed by atoms with Crippen LogP contribution < -0.4 is 20.7 Å². The van der Waals surface area contributed by atoms with Crippen molar-refractivity contribution in [1.29, 1.82) is 0 Å². The van der Waals surface area contributed by atoms with E-state index in [1.165, 1.54) is 6.92 Å². The summed E-state index contributed by atoms with van der Waals surface area (Å²) in [6.45, 7) is 1.26. The van der Waals surface area contributed by atoms with Crippen molar-refractivity contribution in [3.05, 3.63) is 28.7 Å². The van der Waals surface area contributed by atoms with Crippen molar-refractivity contribution in [1.82, 2.24) is 15.4 Å². The van der Waals surface area contributed by atoms with Gasteiger partial charge in [-0.05, 0) is 35.0 Å². The molecule has 158 valence electrons. The molecule has 0 saturated heterocycles. The maximum absolute atomic E-state index is 12.1. The van der Waals surface area contributed by atoms with Crippen LogP contribution in [0, 0.1) is 0 Å². The van der Waals surface area contributed by atoms with Gasteiger partial charge in [-0.15, -0.1) is 0 Å². The third kappa shape index (κ3) is 8.83. The molecule has 4 N–H and O–H groups in total. The van der Waals surface area contributed by atoms with Crippen molar-refractivity contribution in [2.24, 2.45) is 0 Å². The fourth-order valence-corrected chi connectivity index (χ4v) is 2.84. The summed E-state index contributed by atoms with van der Waals surface area (Å²) in [5.74, 6) is -3.96.